The standard InChI is InChI=1S/C16H22N2O3/c1-12(19)17-14-8-5-9-15(10-14)21-11-16(20)18-13-6-3-2-4-7-13/h5,8-10,13H,2-4,6-7,11H2,1H3,(H,17,19)(H,18,20). The minimum absolute atomic E-state index is 0.0000246. The summed E-state index contributed by atoms with van der Waals surface area (Å²) in [5.41, 5.74) is 0.660. The molecule has 114 valence electrons. The van der Waals surface area contributed by atoms with Crippen LogP contribution in [-0.2, 0) is 9.59 Å². The van der Waals surface area contributed by atoms with Crippen LogP contribution in [0.15, 0.2) is 24.3 Å². The Bertz CT molecular complexity index is 496. The Morgan fingerprint density at radius 3 is 2.71 bits per heavy atom. The van der Waals surface area contributed by atoms with Gasteiger partial charge < -0.3 is 15.4 Å². The Morgan fingerprint density at radius 1 is 1.24 bits per heavy atom. The van der Waals surface area contributed by atoms with Gasteiger partial charge in [-0.25, -0.2) is 0 Å². The molecule has 5 nitrogen and oxygen atoms in total. The fourth-order valence-corrected chi connectivity index (χ4v) is 2.53. The fourth-order valence-electron chi connectivity index (χ4n) is 2.53. The van der Waals surface area contributed by atoms with Gasteiger partial charge in [-0.2, -0.15) is 0 Å². The van der Waals surface area contributed by atoms with Gasteiger partial charge in [-0.15, -0.1) is 0 Å². The van der Waals surface area contributed by atoms with Crippen LogP contribution >= 0.6 is 0 Å². The lowest BCUT2D eigenvalue weighted by Gasteiger charge is -2.22. The highest BCUT2D eigenvalue weighted by molar-refractivity contribution is 5.88. The van der Waals surface area contributed by atoms with Gasteiger partial charge in [0, 0.05) is 24.7 Å². The lowest BCUT2D eigenvalue weighted by molar-refractivity contribution is -0.124. The van der Waals surface area contributed by atoms with Crippen molar-refractivity contribution in [2.24, 2.45) is 0 Å². The Kier molecular flexibility index (Phi) is 5.60. The SMILES string of the molecule is CC(=O)Nc1cccc(OCC(=O)NC2CCCCC2)c1. The van der Waals surface area contributed by atoms with Gasteiger partial charge in [0.15, 0.2) is 6.61 Å². The maximum atomic E-state index is 11.8. The molecular weight excluding hydrogens is 268 g/mol. The highest BCUT2D eigenvalue weighted by Crippen LogP contribution is 2.18. The number of benzene rings is 1. The van der Waals surface area contributed by atoms with E-state index in [4.69, 9.17) is 4.74 Å². The molecule has 21 heavy (non-hydrogen) atoms. The maximum absolute atomic E-state index is 11.8. The molecule has 0 aromatic heterocycles. The minimum Gasteiger partial charge on any atom is -0.484 e. The predicted octanol–water partition coefficient (Wildman–Crippen LogP) is 2.47. The van der Waals surface area contributed by atoms with E-state index in [2.05, 4.69) is 10.6 Å². The molecule has 1 aromatic carbocycles. The first kappa shape index (κ1) is 15.4. The van der Waals surface area contributed by atoms with Crippen molar-refractivity contribution in [2.75, 3.05) is 11.9 Å². The molecule has 1 aliphatic rings. The Hall–Kier alpha value is -2.04. The Balaban J connectivity index is 1.79. The molecular formula is C16H22N2O3. The van der Waals surface area contributed by atoms with Gasteiger partial charge >= 0.3 is 0 Å². The summed E-state index contributed by atoms with van der Waals surface area (Å²) < 4.78 is 5.47. The van der Waals surface area contributed by atoms with E-state index in [1.165, 1.54) is 26.2 Å². The smallest absolute Gasteiger partial charge is 0.258 e. The summed E-state index contributed by atoms with van der Waals surface area (Å²) in [5.74, 6) is 0.342. The van der Waals surface area contributed by atoms with Crippen molar-refractivity contribution in [1.82, 2.24) is 5.32 Å². The normalized spacial score (nSPS) is 15.3. The van der Waals surface area contributed by atoms with Crippen molar-refractivity contribution >= 4 is 17.5 Å². The van der Waals surface area contributed by atoms with Crippen LogP contribution in [0.5, 0.6) is 5.75 Å². The van der Waals surface area contributed by atoms with Gasteiger partial charge in [-0.05, 0) is 25.0 Å². The molecule has 2 N–H and O–H groups in total. The van der Waals surface area contributed by atoms with Crippen LogP contribution < -0.4 is 15.4 Å². The van der Waals surface area contributed by atoms with Crippen LogP contribution in [0.1, 0.15) is 39.0 Å². The molecule has 0 spiro atoms. The molecule has 1 aliphatic carbocycles. The van der Waals surface area contributed by atoms with Crippen LogP contribution in [-0.4, -0.2) is 24.5 Å². The zero-order valence-corrected chi connectivity index (χ0v) is 12.4. The topological polar surface area (TPSA) is 67.4 Å². The number of ether oxygens (including phenoxy) is 1. The zero-order chi connectivity index (χ0) is 15.1. The summed E-state index contributed by atoms with van der Waals surface area (Å²) >= 11 is 0. The first-order valence-corrected chi connectivity index (χ1v) is 7.43. The number of carbonyl (C=O) groups excluding carboxylic acids is 2. The van der Waals surface area contributed by atoms with Crippen molar-refractivity contribution in [3.05, 3.63) is 24.3 Å². The van der Waals surface area contributed by atoms with Crippen molar-refractivity contribution in [3.8, 4) is 5.75 Å². The average molecular weight is 290 g/mol. The molecule has 0 aliphatic heterocycles. The summed E-state index contributed by atoms with van der Waals surface area (Å²) in [7, 11) is 0. The van der Waals surface area contributed by atoms with E-state index in [-0.39, 0.29) is 18.4 Å². The van der Waals surface area contributed by atoms with E-state index in [0.29, 0.717) is 17.5 Å². The molecule has 5 heteroatoms. The van der Waals surface area contributed by atoms with Crippen molar-refractivity contribution in [2.45, 2.75) is 45.1 Å². The lowest BCUT2D eigenvalue weighted by atomic mass is 9.95. The van der Waals surface area contributed by atoms with Gasteiger partial charge in [-0.3, -0.25) is 9.59 Å². The molecule has 1 saturated carbocycles. The zero-order valence-electron chi connectivity index (χ0n) is 12.4. The summed E-state index contributed by atoms with van der Waals surface area (Å²) in [6, 6.07) is 7.31. The first-order valence-electron chi connectivity index (χ1n) is 7.43. The van der Waals surface area contributed by atoms with Crippen molar-refractivity contribution < 1.29 is 14.3 Å². The molecule has 0 heterocycles. The molecule has 1 aromatic rings. The molecule has 0 saturated heterocycles. The number of nitrogens with one attached hydrogen (secondary N) is 2. The molecule has 1 fully saturated rings. The summed E-state index contributed by atoms with van der Waals surface area (Å²) in [4.78, 5) is 22.8. The monoisotopic (exact) mass is 290 g/mol. The Morgan fingerprint density at radius 2 is 2.00 bits per heavy atom. The van der Waals surface area contributed by atoms with Crippen molar-refractivity contribution in [1.29, 1.82) is 0 Å². The summed E-state index contributed by atoms with van der Waals surface area (Å²) in [6.07, 6.45) is 5.75. The average Bonchev–Trinajstić information content (AvgIpc) is 2.46. The Labute approximate surface area is 125 Å². The van der Waals surface area contributed by atoms with Crippen LogP contribution in [0.25, 0.3) is 0 Å². The predicted molar refractivity (Wildman–Crippen MR) is 81.3 cm³/mol. The van der Waals surface area contributed by atoms with Crippen LogP contribution in [0.3, 0.4) is 0 Å². The highest BCUT2D eigenvalue weighted by Gasteiger charge is 2.15. The van der Waals surface area contributed by atoms with Crippen LogP contribution in [0.4, 0.5) is 5.69 Å². The molecule has 2 rings (SSSR count). The van der Waals surface area contributed by atoms with Crippen LogP contribution in [0, 0.1) is 0 Å². The largest absolute Gasteiger partial charge is 0.484 e. The van der Waals surface area contributed by atoms with E-state index in [9.17, 15) is 9.59 Å². The second-order valence-electron chi connectivity index (χ2n) is 5.40. The third kappa shape index (κ3) is 5.45. The fraction of sp³-hybridized carbons (Fsp3) is 0.500. The maximum Gasteiger partial charge on any atom is 0.258 e. The van der Waals surface area contributed by atoms with E-state index in [1.807, 2.05) is 0 Å². The highest BCUT2D eigenvalue weighted by atomic mass is 16.5. The van der Waals surface area contributed by atoms with E-state index < -0.39 is 0 Å². The number of hydrogen-bond acceptors (Lipinski definition) is 3. The number of hydrogen-bond donors (Lipinski definition) is 2. The minimum atomic E-state index is -0.137. The van der Waals surface area contributed by atoms with Gasteiger partial charge in [0.05, 0.1) is 0 Å². The lowest BCUT2D eigenvalue weighted by Crippen LogP contribution is -2.38. The molecule has 2 amide bonds. The number of carbonyl (C=O) groups is 2. The number of amides is 2. The molecule has 0 bridgehead atoms. The first-order chi connectivity index (χ1) is 10.1. The van der Waals surface area contributed by atoms with Gasteiger partial charge in [-0.1, -0.05) is 25.3 Å². The van der Waals surface area contributed by atoms with Gasteiger partial charge in [0.25, 0.3) is 5.91 Å². The quantitative estimate of drug-likeness (QED) is 0.875. The van der Waals surface area contributed by atoms with E-state index >= 15 is 0 Å². The van der Waals surface area contributed by atoms with Gasteiger partial charge in [0.1, 0.15) is 5.75 Å². The second-order valence-corrected chi connectivity index (χ2v) is 5.40. The summed E-state index contributed by atoms with van der Waals surface area (Å²) in [5, 5.41) is 5.68. The van der Waals surface area contributed by atoms with Crippen LogP contribution in [0.2, 0.25) is 0 Å². The number of rotatable bonds is 5. The van der Waals surface area contributed by atoms with Gasteiger partial charge in [0.2, 0.25) is 5.91 Å². The van der Waals surface area contributed by atoms with E-state index in [1.54, 1.807) is 24.3 Å². The summed E-state index contributed by atoms with van der Waals surface area (Å²) in [6.45, 7) is 1.45. The third-order valence-electron chi connectivity index (χ3n) is 3.49. The third-order valence-corrected chi connectivity index (χ3v) is 3.49. The molecule has 0 atom stereocenters. The second kappa shape index (κ2) is 7.67. The van der Waals surface area contributed by atoms with E-state index in [0.717, 1.165) is 12.8 Å². The van der Waals surface area contributed by atoms with Crippen molar-refractivity contribution in [3.63, 3.8) is 0 Å². The molecule has 0 unspecified atom stereocenters. The molecule has 0 radical (unpaired) electrons. The number of anilines is 1.